The van der Waals surface area contributed by atoms with Gasteiger partial charge in [-0.25, -0.2) is 0 Å². The molecule has 0 aliphatic heterocycles. The van der Waals surface area contributed by atoms with Crippen molar-refractivity contribution in [1.82, 2.24) is 0 Å². The highest BCUT2D eigenvalue weighted by Crippen LogP contribution is 2.26. The maximum Gasteiger partial charge on any atom is 0.224 e. The maximum absolute atomic E-state index is 11.9. The second-order valence-corrected chi connectivity index (χ2v) is 5.75. The van der Waals surface area contributed by atoms with Gasteiger partial charge in [0.25, 0.3) is 0 Å². The van der Waals surface area contributed by atoms with Crippen LogP contribution in [-0.4, -0.2) is 17.6 Å². The summed E-state index contributed by atoms with van der Waals surface area (Å²) >= 11 is 0. The number of nitrogens with two attached hydrogens (primary N) is 1. The number of hydrogen-bond acceptors (Lipinski definition) is 3. The lowest BCUT2D eigenvalue weighted by atomic mass is 9.84. The minimum absolute atomic E-state index is 0.00446. The number of phenolic OH excluding ortho intramolecular Hbond substituents is 1. The van der Waals surface area contributed by atoms with E-state index in [1.54, 1.807) is 25.1 Å². The molecule has 4 heteroatoms. The molecule has 0 unspecified atom stereocenters. The molecule has 0 aliphatic rings. The molecule has 1 rings (SSSR count). The Morgan fingerprint density at radius 3 is 2.63 bits per heavy atom. The number of hydrogen-bond donors (Lipinski definition) is 3. The second kappa shape index (κ2) is 6.57. The number of phenols is 1. The fraction of sp³-hybridized carbons (Fsp3) is 0.533. The lowest BCUT2D eigenvalue weighted by Gasteiger charge is -2.23. The van der Waals surface area contributed by atoms with Gasteiger partial charge in [0.15, 0.2) is 0 Å². The highest BCUT2D eigenvalue weighted by atomic mass is 16.3. The van der Waals surface area contributed by atoms with E-state index >= 15 is 0 Å². The highest BCUT2D eigenvalue weighted by Gasteiger charge is 2.18. The van der Waals surface area contributed by atoms with Crippen LogP contribution in [0.4, 0.5) is 5.69 Å². The van der Waals surface area contributed by atoms with Crippen LogP contribution < -0.4 is 11.1 Å². The van der Waals surface area contributed by atoms with E-state index in [-0.39, 0.29) is 17.1 Å². The Morgan fingerprint density at radius 2 is 2.05 bits per heavy atom. The third-order valence-corrected chi connectivity index (χ3v) is 3.33. The Balaban J connectivity index is 2.49. The van der Waals surface area contributed by atoms with Gasteiger partial charge in [-0.05, 0) is 55.5 Å². The van der Waals surface area contributed by atoms with E-state index in [0.29, 0.717) is 13.0 Å². The lowest BCUT2D eigenvalue weighted by Crippen LogP contribution is -2.20. The van der Waals surface area contributed by atoms with E-state index in [1.165, 1.54) is 0 Å². The fourth-order valence-electron chi connectivity index (χ4n) is 1.92. The number of aromatic hydroxyl groups is 1. The summed E-state index contributed by atoms with van der Waals surface area (Å²) in [6.07, 6.45) is 2.21. The van der Waals surface area contributed by atoms with E-state index < -0.39 is 0 Å². The first-order chi connectivity index (χ1) is 8.84. The first kappa shape index (κ1) is 15.5. The molecule has 0 radical (unpaired) electrons. The van der Waals surface area contributed by atoms with Crippen molar-refractivity contribution in [2.45, 2.75) is 40.0 Å². The van der Waals surface area contributed by atoms with Crippen molar-refractivity contribution in [3.8, 4) is 5.75 Å². The van der Waals surface area contributed by atoms with Crippen molar-refractivity contribution >= 4 is 11.6 Å². The summed E-state index contributed by atoms with van der Waals surface area (Å²) in [5, 5.41) is 12.3. The molecule has 0 aliphatic carbocycles. The molecule has 19 heavy (non-hydrogen) atoms. The van der Waals surface area contributed by atoms with Crippen LogP contribution in [0.1, 0.15) is 38.7 Å². The molecule has 0 saturated carbocycles. The topological polar surface area (TPSA) is 75.4 Å². The number of amides is 1. The van der Waals surface area contributed by atoms with Gasteiger partial charge in [-0.3, -0.25) is 4.79 Å². The van der Waals surface area contributed by atoms with Crippen LogP contribution in [0.2, 0.25) is 0 Å². The molecule has 0 aromatic heterocycles. The van der Waals surface area contributed by atoms with Crippen molar-refractivity contribution in [3.63, 3.8) is 0 Å². The molecular formula is C15H24N2O2. The SMILES string of the molecule is Cc1cc(NC(=O)CCC(C)(C)CCN)ccc1O. The minimum Gasteiger partial charge on any atom is -0.508 e. The first-order valence-electron chi connectivity index (χ1n) is 6.63. The van der Waals surface area contributed by atoms with E-state index in [4.69, 9.17) is 5.73 Å². The lowest BCUT2D eigenvalue weighted by molar-refractivity contribution is -0.116. The molecule has 0 heterocycles. The average molecular weight is 264 g/mol. The summed E-state index contributed by atoms with van der Waals surface area (Å²) in [4.78, 5) is 11.9. The summed E-state index contributed by atoms with van der Waals surface area (Å²) in [7, 11) is 0. The number of aryl methyl sites for hydroxylation is 1. The molecule has 1 aromatic rings. The number of nitrogens with one attached hydrogen (secondary N) is 1. The number of carbonyl (C=O) groups excluding carboxylic acids is 1. The maximum atomic E-state index is 11.9. The highest BCUT2D eigenvalue weighted by molar-refractivity contribution is 5.90. The second-order valence-electron chi connectivity index (χ2n) is 5.75. The Kier molecular flexibility index (Phi) is 5.36. The summed E-state index contributed by atoms with van der Waals surface area (Å²) < 4.78 is 0. The number of benzene rings is 1. The Morgan fingerprint density at radius 1 is 1.37 bits per heavy atom. The standard InChI is InChI=1S/C15H24N2O2/c1-11-10-12(4-5-13(11)18)17-14(19)6-7-15(2,3)8-9-16/h4-5,10,18H,6-9,16H2,1-3H3,(H,17,19). The number of carbonyl (C=O) groups is 1. The first-order valence-corrected chi connectivity index (χ1v) is 6.63. The molecule has 0 atom stereocenters. The molecule has 1 aromatic carbocycles. The van der Waals surface area contributed by atoms with Gasteiger partial charge in [-0.2, -0.15) is 0 Å². The van der Waals surface area contributed by atoms with Gasteiger partial charge < -0.3 is 16.2 Å². The van der Waals surface area contributed by atoms with E-state index in [9.17, 15) is 9.90 Å². The molecule has 0 fully saturated rings. The normalized spacial score (nSPS) is 11.4. The van der Waals surface area contributed by atoms with Crippen molar-refractivity contribution < 1.29 is 9.90 Å². The van der Waals surface area contributed by atoms with Crippen LogP contribution in [-0.2, 0) is 4.79 Å². The summed E-state index contributed by atoms with van der Waals surface area (Å²) in [6, 6.07) is 5.05. The van der Waals surface area contributed by atoms with Gasteiger partial charge in [0.1, 0.15) is 5.75 Å². The zero-order chi connectivity index (χ0) is 14.5. The van der Waals surface area contributed by atoms with Gasteiger partial charge in [-0.1, -0.05) is 13.8 Å². The van der Waals surface area contributed by atoms with Crippen LogP contribution in [0.15, 0.2) is 18.2 Å². The van der Waals surface area contributed by atoms with Gasteiger partial charge in [0, 0.05) is 12.1 Å². The van der Waals surface area contributed by atoms with E-state index in [2.05, 4.69) is 19.2 Å². The Bertz CT molecular complexity index is 442. The third kappa shape index (κ3) is 5.30. The van der Waals surface area contributed by atoms with Crippen LogP contribution in [0.25, 0.3) is 0 Å². The Labute approximate surface area is 115 Å². The molecule has 0 spiro atoms. The molecular weight excluding hydrogens is 240 g/mol. The van der Waals surface area contributed by atoms with Gasteiger partial charge in [0.05, 0.1) is 0 Å². The fourth-order valence-corrected chi connectivity index (χ4v) is 1.92. The van der Waals surface area contributed by atoms with Crippen LogP contribution in [0.3, 0.4) is 0 Å². The predicted molar refractivity (Wildman–Crippen MR) is 78.2 cm³/mol. The number of anilines is 1. The van der Waals surface area contributed by atoms with E-state index in [0.717, 1.165) is 24.1 Å². The molecule has 0 bridgehead atoms. The average Bonchev–Trinajstić information content (AvgIpc) is 2.32. The molecule has 4 nitrogen and oxygen atoms in total. The van der Waals surface area contributed by atoms with E-state index in [1.807, 2.05) is 0 Å². The monoisotopic (exact) mass is 264 g/mol. The smallest absolute Gasteiger partial charge is 0.224 e. The van der Waals surface area contributed by atoms with Crippen molar-refractivity contribution in [3.05, 3.63) is 23.8 Å². The summed E-state index contributed by atoms with van der Waals surface area (Å²) in [5.74, 6) is 0.234. The van der Waals surface area contributed by atoms with Crippen molar-refractivity contribution in [1.29, 1.82) is 0 Å². The van der Waals surface area contributed by atoms with Crippen LogP contribution in [0, 0.1) is 12.3 Å². The zero-order valence-corrected chi connectivity index (χ0v) is 12.0. The van der Waals surface area contributed by atoms with Crippen molar-refractivity contribution in [2.24, 2.45) is 11.1 Å². The largest absolute Gasteiger partial charge is 0.508 e. The molecule has 4 N–H and O–H groups in total. The predicted octanol–water partition coefficient (Wildman–Crippen LogP) is 2.79. The summed E-state index contributed by atoms with van der Waals surface area (Å²) in [5.41, 5.74) is 7.12. The zero-order valence-electron chi connectivity index (χ0n) is 12.0. The van der Waals surface area contributed by atoms with Crippen LogP contribution >= 0.6 is 0 Å². The summed E-state index contributed by atoms with van der Waals surface area (Å²) in [6.45, 7) is 6.69. The van der Waals surface area contributed by atoms with Gasteiger partial charge in [-0.15, -0.1) is 0 Å². The minimum atomic E-state index is -0.00446. The van der Waals surface area contributed by atoms with Gasteiger partial charge in [0.2, 0.25) is 5.91 Å². The van der Waals surface area contributed by atoms with Crippen LogP contribution in [0.5, 0.6) is 5.75 Å². The van der Waals surface area contributed by atoms with Crippen molar-refractivity contribution in [2.75, 3.05) is 11.9 Å². The molecule has 0 saturated heterocycles. The Hall–Kier alpha value is -1.55. The number of rotatable bonds is 6. The quantitative estimate of drug-likeness (QED) is 0.691. The molecule has 106 valence electrons. The molecule has 1 amide bonds. The third-order valence-electron chi connectivity index (χ3n) is 3.33. The van der Waals surface area contributed by atoms with Gasteiger partial charge >= 0.3 is 0 Å².